The van der Waals surface area contributed by atoms with Crippen LogP contribution in [0.4, 0.5) is 0 Å². The van der Waals surface area contributed by atoms with Gasteiger partial charge in [0.1, 0.15) is 0 Å². The molecule has 0 aliphatic carbocycles. The van der Waals surface area contributed by atoms with Crippen LogP contribution in [0.25, 0.3) is 21.5 Å². The van der Waals surface area contributed by atoms with Gasteiger partial charge in [0.2, 0.25) is 10.0 Å². The number of carbonyl (C=O) groups is 1. The molecule has 0 bridgehead atoms. The van der Waals surface area contributed by atoms with Crippen LogP contribution in [0, 0.1) is 6.92 Å². The molecule has 0 unspecified atom stereocenters. The van der Waals surface area contributed by atoms with Crippen LogP contribution in [-0.4, -0.2) is 57.6 Å². The second kappa shape index (κ2) is 10.2. The van der Waals surface area contributed by atoms with E-state index in [4.69, 9.17) is 0 Å². The SMILES string of the molecule is Cc1ccc(S(=O)(=O)N2CC[NH+](CC(=O)N/N=C/c3c4ccccc4cc4ccccc34)CC2)cc1. The number of nitrogens with one attached hydrogen (secondary N) is 2. The van der Waals surface area contributed by atoms with Gasteiger partial charge in [-0.05, 0) is 46.7 Å². The molecule has 1 aliphatic rings. The molecule has 1 amide bonds. The molecule has 4 aromatic rings. The van der Waals surface area contributed by atoms with E-state index >= 15 is 0 Å². The molecule has 36 heavy (non-hydrogen) atoms. The largest absolute Gasteiger partial charge is 0.325 e. The maximum atomic E-state index is 12.9. The topological polar surface area (TPSA) is 83.3 Å². The van der Waals surface area contributed by atoms with E-state index in [9.17, 15) is 13.2 Å². The average molecular weight is 502 g/mol. The summed E-state index contributed by atoms with van der Waals surface area (Å²) in [5, 5.41) is 8.65. The van der Waals surface area contributed by atoms with Crippen molar-refractivity contribution in [3.05, 3.63) is 90.0 Å². The summed E-state index contributed by atoms with van der Waals surface area (Å²) in [5.41, 5.74) is 4.64. The molecule has 1 aliphatic heterocycles. The van der Waals surface area contributed by atoms with E-state index in [1.807, 2.05) is 31.2 Å². The summed E-state index contributed by atoms with van der Waals surface area (Å²) in [7, 11) is -3.52. The number of amides is 1. The van der Waals surface area contributed by atoms with Gasteiger partial charge in [0.05, 0.1) is 37.3 Å². The van der Waals surface area contributed by atoms with Gasteiger partial charge in [-0.3, -0.25) is 4.79 Å². The Morgan fingerprint density at radius 3 is 2.14 bits per heavy atom. The van der Waals surface area contributed by atoms with Gasteiger partial charge in [0.25, 0.3) is 5.91 Å². The number of rotatable bonds is 6. The Labute approximate surface area is 211 Å². The molecule has 0 spiro atoms. The molecule has 4 aromatic carbocycles. The zero-order valence-corrected chi connectivity index (χ0v) is 21.0. The lowest BCUT2D eigenvalue weighted by Gasteiger charge is -2.31. The Balaban J connectivity index is 1.21. The predicted molar refractivity (Wildman–Crippen MR) is 143 cm³/mol. The summed E-state index contributed by atoms with van der Waals surface area (Å²) >= 11 is 0. The Morgan fingerprint density at radius 2 is 1.53 bits per heavy atom. The zero-order chi connectivity index (χ0) is 25.1. The van der Waals surface area contributed by atoms with Crippen molar-refractivity contribution >= 4 is 43.7 Å². The van der Waals surface area contributed by atoms with Gasteiger partial charge >= 0.3 is 0 Å². The number of carbonyl (C=O) groups excluding carboxylic acids is 1. The second-order valence-corrected chi connectivity index (χ2v) is 11.1. The van der Waals surface area contributed by atoms with E-state index in [1.165, 1.54) is 4.31 Å². The highest BCUT2D eigenvalue weighted by molar-refractivity contribution is 7.89. The van der Waals surface area contributed by atoms with Gasteiger partial charge in [0, 0.05) is 5.56 Å². The number of sulfonamides is 1. The molecule has 1 fully saturated rings. The van der Waals surface area contributed by atoms with Crippen molar-refractivity contribution in [2.75, 3.05) is 32.7 Å². The average Bonchev–Trinajstić information content (AvgIpc) is 2.89. The molecule has 1 heterocycles. The number of fused-ring (bicyclic) bond motifs is 2. The van der Waals surface area contributed by atoms with Crippen molar-refractivity contribution in [1.82, 2.24) is 9.73 Å². The number of piperazine rings is 1. The first-order chi connectivity index (χ1) is 17.4. The van der Waals surface area contributed by atoms with Gasteiger partial charge in [-0.1, -0.05) is 66.2 Å². The molecule has 0 saturated carbocycles. The molecule has 184 valence electrons. The highest BCUT2D eigenvalue weighted by Gasteiger charge is 2.31. The van der Waals surface area contributed by atoms with Crippen molar-refractivity contribution < 1.29 is 18.1 Å². The van der Waals surface area contributed by atoms with Crippen LogP contribution in [0.5, 0.6) is 0 Å². The Hall–Kier alpha value is -3.59. The predicted octanol–water partition coefficient (Wildman–Crippen LogP) is 2.34. The minimum atomic E-state index is -3.52. The van der Waals surface area contributed by atoms with E-state index in [-0.39, 0.29) is 12.5 Å². The number of benzene rings is 4. The third kappa shape index (κ3) is 5.02. The first-order valence-electron chi connectivity index (χ1n) is 12.0. The van der Waals surface area contributed by atoms with Crippen LogP contribution < -0.4 is 10.3 Å². The lowest BCUT2D eigenvalue weighted by atomic mass is 9.97. The van der Waals surface area contributed by atoms with E-state index in [2.05, 4.69) is 40.9 Å². The number of hydrazone groups is 1. The minimum absolute atomic E-state index is 0.194. The number of quaternary nitrogens is 1. The molecular weight excluding hydrogens is 472 g/mol. The fourth-order valence-electron chi connectivity index (χ4n) is 4.70. The van der Waals surface area contributed by atoms with Crippen molar-refractivity contribution in [2.24, 2.45) is 5.10 Å². The van der Waals surface area contributed by atoms with Crippen LogP contribution in [-0.2, 0) is 14.8 Å². The van der Waals surface area contributed by atoms with Crippen molar-refractivity contribution in [3.8, 4) is 0 Å². The van der Waals surface area contributed by atoms with Gasteiger partial charge in [-0.2, -0.15) is 9.41 Å². The van der Waals surface area contributed by atoms with Crippen molar-refractivity contribution in [2.45, 2.75) is 11.8 Å². The Bertz CT molecular complexity index is 1490. The first kappa shape index (κ1) is 24.1. The maximum Gasteiger partial charge on any atom is 0.295 e. The molecule has 0 aromatic heterocycles. The third-order valence-electron chi connectivity index (χ3n) is 6.69. The van der Waals surface area contributed by atoms with Gasteiger partial charge in [-0.15, -0.1) is 0 Å². The lowest BCUT2D eigenvalue weighted by molar-refractivity contribution is -0.895. The molecule has 8 heteroatoms. The van der Waals surface area contributed by atoms with Crippen LogP contribution >= 0.6 is 0 Å². The van der Waals surface area contributed by atoms with E-state index in [1.54, 1.807) is 30.5 Å². The number of nitrogens with zero attached hydrogens (tertiary/aromatic N) is 2. The summed E-state index contributed by atoms with van der Waals surface area (Å²) in [6.45, 7) is 4.06. The number of aryl methyl sites for hydroxylation is 1. The minimum Gasteiger partial charge on any atom is -0.325 e. The molecule has 5 rings (SSSR count). The summed E-state index contributed by atoms with van der Waals surface area (Å²) in [4.78, 5) is 13.9. The fraction of sp³-hybridized carbons (Fsp3) is 0.214. The van der Waals surface area contributed by atoms with Gasteiger partial charge in [-0.25, -0.2) is 13.8 Å². The maximum absolute atomic E-state index is 12.9. The monoisotopic (exact) mass is 501 g/mol. The van der Waals surface area contributed by atoms with E-state index < -0.39 is 10.0 Å². The normalized spacial score (nSPS) is 15.6. The Morgan fingerprint density at radius 1 is 0.944 bits per heavy atom. The molecule has 7 nitrogen and oxygen atoms in total. The molecule has 2 N–H and O–H groups in total. The molecule has 0 atom stereocenters. The zero-order valence-electron chi connectivity index (χ0n) is 20.1. The van der Waals surface area contributed by atoms with Gasteiger partial charge in [0.15, 0.2) is 6.54 Å². The highest BCUT2D eigenvalue weighted by atomic mass is 32.2. The van der Waals surface area contributed by atoms with Crippen molar-refractivity contribution in [1.29, 1.82) is 0 Å². The molecule has 0 radical (unpaired) electrons. The summed E-state index contributed by atoms with van der Waals surface area (Å²) < 4.78 is 27.3. The number of hydrogen-bond acceptors (Lipinski definition) is 4. The third-order valence-corrected chi connectivity index (χ3v) is 8.61. The summed E-state index contributed by atoms with van der Waals surface area (Å²) in [5.74, 6) is -0.194. The van der Waals surface area contributed by atoms with Crippen molar-refractivity contribution in [3.63, 3.8) is 0 Å². The van der Waals surface area contributed by atoms with E-state index in [0.717, 1.165) is 37.6 Å². The van der Waals surface area contributed by atoms with Crippen LogP contribution in [0.1, 0.15) is 11.1 Å². The fourth-order valence-corrected chi connectivity index (χ4v) is 6.14. The Kier molecular flexibility index (Phi) is 6.82. The van der Waals surface area contributed by atoms with Crippen LogP contribution in [0.2, 0.25) is 0 Å². The number of hydrogen-bond donors (Lipinski definition) is 2. The van der Waals surface area contributed by atoms with E-state index in [0.29, 0.717) is 31.1 Å². The second-order valence-electron chi connectivity index (χ2n) is 9.17. The van der Waals surface area contributed by atoms with Crippen LogP contribution in [0.3, 0.4) is 0 Å². The van der Waals surface area contributed by atoms with Gasteiger partial charge < -0.3 is 4.90 Å². The first-order valence-corrected chi connectivity index (χ1v) is 13.5. The van der Waals surface area contributed by atoms with Crippen LogP contribution in [0.15, 0.2) is 88.9 Å². The molecule has 1 saturated heterocycles. The highest BCUT2D eigenvalue weighted by Crippen LogP contribution is 2.27. The lowest BCUT2D eigenvalue weighted by Crippen LogP contribution is -3.15. The smallest absolute Gasteiger partial charge is 0.295 e. The summed E-state index contributed by atoms with van der Waals surface area (Å²) in [6, 6.07) is 25.3. The summed E-state index contributed by atoms with van der Waals surface area (Å²) in [6.07, 6.45) is 1.71. The standard InChI is InChI=1S/C28H28N4O3S/c1-21-10-12-24(13-11-21)36(34,35)32-16-14-31(15-17-32)20-28(33)30-29-19-27-25-8-4-2-6-22(25)18-23-7-3-5-9-26(23)27/h2-13,18-19H,14-17,20H2,1H3,(H,30,33)/p+1/b29-19+. The quantitative estimate of drug-likeness (QED) is 0.242. The molecular formula is C28H29N4O3S+.